The summed E-state index contributed by atoms with van der Waals surface area (Å²) in [5.74, 6) is -0.974. The van der Waals surface area contributed by atoms with E-state index < -0.39 is 12.0 Å². The van der Waals surface area contributed by atoms with E-state index in [1.807, 2.05) is 24.3 Å². The lowest BCUT2D eigenvalue weighted by Crippen LogP contribution is -2.52. The van der Waals surface area contributed by atoms with Crippen molar-refractivity contribution in [3.05, 3.63) is 48.0 Å². The van der Waals surface area contributed by atoms with Crippen molar-refractivity contribution in [1.29, 1.82) is 0 Å². The van der Waals surface area contributed by atoms with Gasteiger partial charge >= 0.3 is 12.0 Å². The second-order valence-corrected chi connectivity index (χ2v) is 4.76. The topological polar surface area (TPSA) is 69.6 Å². The number of amides is 2. The first-order chi connectivity index (χ1) is 9.63. The molecule has 0 aliphatic carbocycles. The molecule has 0 radical (unpaired) electrons. The van der Waals surface area contributed by atoms with Gasteiger partial charge in [0.25, 0.3) is 0 Å². The van der Waals surface area contributed by atoms with E-state index in [1.165, 1.54) is 4.90 Å². The molecule has 1 aliphatic rings. The number of fused-ring (bicyclic) bond motifs is 1. The fraction of sp³-hybridized carbons (Fsp3) is 0.333. The zero-order valence-electron chi connectivity index (χ0n) is 11.2. The Hall–Kier alpha value is -2.30. The average Bonchev–Trinajstić information content (AvgIpc) is 2.46. The molecule has 2 amide bonds. The van der Waals surface area contributed by atoms with Crippen LogP contribution in [0.1, 0.15) is 17.5 Å². The van der Waals surface area contributed by atoms with Gasteiger partial charge in [0.1, 0.15) is 6.04 Å². The van der Waals surface area contributed by atoms with Gasteiger partial charge in [0.15, 0.2) is 0 Å². The van der Waals surface area contributed by atoms with Crippen LogP contribution in [0.15, 0.2) is 36.9 Å². The molecule has 1 aromatic carbocycles. The van der Waals surface area contributed by atoms with Crippen LogP contribution in [-0.4, -0.2) is 34.6 Å². The molecule has 1 atom stereocenters. The maximum absolute atomic E-state index is 12.1. The first-order valence-electron chi connectivity index (χ1n) is 6.58. The second kappa shape index (κ2) is 6.23. The zero-order chi connectivity index (χ0) is 14.5. The molecule has 20 heavy (non-hydrogen) atoms. The predicted octanol–water partition coefficient (Wildman–Crippen LogP) is 1.78. The van der Waals surface area contributed by atoms with Gasteiger partial charge in [0, 0.05) is 19.5 Å². The number of carboxylic acids is 1. The molecule has 2 N–H and O–H groups in total. The molecular weight excluding hydrogens is 256 g/mol. The number of hydrogen-bond acceptors (Lipinski definition) is 2. The molecule has 0 saturated heterocycles. The van der Waals surface area contributed by atoms with Crippen molar-refractivity contribution in [3.8, 4) is 0 Å². The summed E-state index contributed by atoms with van der Waals surface area (Å²) in [6.07, 6.45) is 2.72. The first-order valence-corrected chi connectivity index (χ1v) is 6.58. The molecule has 1 aliphatic heterocycles. The minimum Gasteiger partial charge on any atom is -0.480 e. The number of benzene rings is 1. The van der Waals surface area contributed by atoms with E-state index in [9.17, 15) is 14.7 Å². The summed E-state index contributed by atoms with van der Waals surface area (Å²) in [7, 11) is 0. The van der Waals surface area contributed by atoms with Crippen LogP contribution in [0.4, 0.5) is 4.79 Å². The molecule has 106 valence electrons. The Kier molecular flexibility index (Phi) is 4.40. The molecule has 0 fully saturated rings. The number of rotatable bonds is 4. The number of hydrogen-bond donors (Lipinski definition) is 2. The standard InChI is InChI=1S/C15H18N2O3/c1-2-3-8-16-15(20)17-10-12-7-5-4-6-11(12)9-13(17)14(18)19/h2,4-7,13H,1,3,8-10H2,(H,16,20)(H,18,19)/t13-/m0/s1. The fourth-order valence-corrected chi connectivity index (χ4v) is 2.34. The van der Waals surface area contributed by atoms with Gasteiger partial charge < -0.3 is 15.3 Å². The van der Waals surface area contributed by atoms with Gasteiger partial charge in [-0.1, -0.05) is 30.3 Å². The third-order valence-corrected chi connectivity index (χ3v) is 3.42. The lowest BCUT2D eigenvalue weighted by atomic mass is 9.94. The number of urea groups is 1. The van der Waals surface area contributed by atoms with Crippen LogP contribution < -0.4 is 5.32 Å². The first kappa shape index (κ1) is 14.1. The summed E-state index contributed by atoms with van der Waals surface area (Å²) in [5, 5.41) is 12.0. The Morgan fingerprint density at radius 3 is 2.75 bits per heavy atom. The van der Waals surface area contributed by atoms with Gasteiger partial charge in [-0.3, -0.25) is 0 Å². The van der Waals surface area contributed by atoms with Crippen molar-refractivity contribution in [3.63, 3.8) is 0 Å². The highest BCUT2D eigenvalue weighted by molar-refractivity contribution is 5.83. The van der Waals surface area contributed by atoms with Crippen molar-refractivity contribution in [2.75, 3.05) is 6.54 Å². The maximum Gasteiger partial charge on any atom is 0.326 e. The van der Waals surface area contributed by atoms with Crippen LogP contribution in [0, 0.1) is 0 Å². The Labute approximate surface area is 117 Å². The van der Waals surface area contributed by atoms with Crippen LogP contribution in [-0.2, 0) is 17.8 Å². The van der Waals surface area contributed by atoms with Crippen molar-refractivity contribution >= 4 is 12.0 Å². The van der Waals surface area contributed by atoms with Gasteiger partial charge in [-0.05, 0) is 17.5 Å². The Balaban J connectivity index is 2.15. The van der Waals surface area contributed by atoms with Crippen molar-refractivity contribution < 1.29 is 14.7 Å². The van der Waals surface area contributed by atoms with E-state index in [0.29, 0.717) is 25.9 Å². The summed E-state index contributed by atoms with van der Waals surface area (Å²) >= 11 is 0. The van der Waals surface area contributed by atoms with E-state index in [2.05, 4.69) is 11.9 Å². The molecule has 0 unspecified atom stereocenters. The summed E-state index contributed by atoms with van der Waals surface area (Å²) < 4.78 is 0. The second-order valence-electron chi connectivity index (χ2n) is 4.76. The molecule has 1 aromatic rings. The van der Waals surface area contributed by atoms with Crippen LogP contribution in [0.2, 0.25) is 0 Å². The van der Waals surface area contributed by atoms with Crippen molar-refractivity contribution in [1.82, 2.24) is 10.2 Å². The molecule has 2 rings (SSSR count). The Bertz CT molecular complexity index is 528. The molecule has 0 spiro atoms. The van der Waals surface area contributed by atoms with E-state index >= 15 is 0 Å². The zero-order valence-corrected chi connectivity index (χ0v) is 11.2. The van der Waals surface area contributed by atoms with Gasteiger partial charge in [0.05, 0.1) is 0 Å². The van der Waals surface area contributed by atoms with Gasteiger partial charge in [-0.2, -0.15) is 0 Å². The molecule has 5 nitrogen and oxygen atoms in total. The van der Waals surface area contributed by atoms with Gasteiger partial charge in [-0.15, -0.1) is 6.58 Å². The van der Waals surface area contributed by atoms with E-state index in [-0.39, 0.29) is 6.03 Å². The Morgan fingerprint density at radius 2 is 2.10 bits per heavy atom. The normalized spacial score (nSPS) is 17.2. The highest BCUT2D eigenvalue weighted by Gasteiger charge is 2.34. The Morgan fingerprint density at radius 1 is 1.40 bits per heavy atom. The summed E-state index contributed by atoms with van der Waals surface area (Å²) in [6, 6.07) is 6.48. The van der Waals surface area contributed by atoms with Gasteiger partial charge in [0.2, 0.25) is 0 Å². The number of carbonyl (C=O) groups excluding carboxylic acids is 1. The van der Waals surface area contributed by atoms with Gasteiger partial charge in [-0.25, -0.2) is 9.59 Å². The lowest BCUT2D eigenvalue weighted by Gasteiger charge is -2.34. The predicted molar refractivity (Wildman–Crippen MR) is 75.3 cm³/mol. The quantitative estimate of drug-likeness (QED) is 0.649. The minimum atomic E-state index is -0.974. The molecule has 0 aromatic heterocycles. The smallest absolute Gasteiger partial charge is 0.326 e. The highest BCUT2D eigenvalue weighted by atomic mass is 16.4. The van der Waals surface area contributed by atoms with Crippen molar-refractivity contribution in [2.45, 2.75) is 25.4 Å². The highest BCUT2D eigenvalue weighted by Crippen LogP contribution is 2.23. The molecule has 1 heterocycles. The number of nitrogens with zero attached hydrogens (tertiary/aromatic N) is 1. The molecule has 5 heteroatoms. The lowest BCUT2D eigenvalue weighted by molar-refractivity contribution is -0.142. The minimum absolute atomic E-state index is 0.326. The van der Waals surface area contributed by atoms with Crippen LogP contribution in [0.3, 0.4) is 0 Å². The molecule has 0 bridgehead atoms. The van der Waals surface area contributed by atoms with Crippen molar-refractivity contribution in [2.24, 2.45) is 0 Å². The number of carboxylic acid groups (broad SMARTS) is 1. The molecule has 0 saturated carbocycles. The largest absolute Gasteiger partial charge is 0.480 e. The fourth-order valence-electron chi connectivity index (χ4n) is 2.34. The maximum atomic E-state index is 12.1. The number of aliphatic carboxylic acids is 1. The molecular formula is C15H18N2O3. The number of carbonyl (C=O) groups is 2. The van der Waals surface area contributed by atoms with E-state index in [4.69, 9.17) is 0 Å². The third-order valence-electron chi connectivity index (χ3n) is 3.42. The number of nitrogens with one attached hydrogen (secondary N) is 1. The van der Waals surface area contributed by atoms with E-state index in [1.54, 1.807) is 6.08 Å². The van der Waals surface area contributed by atoms with Crippen LogP contribution in [0.5, 0.6) is 0 Å². The van der Waals surface area contributed by atoms with Crippen LogP contribution in [0.25, 0.3) is 0 Å². The van der Waals surface area contributed by atoms with Crippen LogP contribution >= 0.6 is 0 Å². The summed E-state index contributed by atoms with van der Waals surface area (Å²) in [5.41, 5.74) is 2.00. The SMILES string of the molecule is C=CCCNC(=O)N1Cc2ccccc2C[C@H]1C(=O)O. The third kappa shape index (κ3) is 2.99. The monoisotopic (exact) mass is 274 g/mol. The summed E-state index contributed by atoms with van der Waals surface area (Å²) in [6.45, 7) is 4.38. The average molecular weight is 274 g/mol. The van der Waals surface area contributed by atoms with E-state index in [0.717, 1.165) is 11.1 Å². The summed E-state index contributed by atoms with van der Waals surface area (Å²) in [4.78, 5) is 24.9.